The fourth-order valence-electron chi connectivity index (χ4n) is 7.81. The summed E-state index contributed by atoms with van der Waals surface area (Å²) in [6, 6.07) is 80.0. The van der Waals surface area contributed by atoms with Crippen LogP contribution in [0.25, 0.3) is 77.6 Å². The van der Waals surface area contributed by atoms with Crippen LogP contribution in [0.3, 0.4) is 0 Å². The second-order valence-corrected chi connectivity index (χ2v) is 14.1. The average molecular weight is 716 g/mol. The smallest absolute Gasteiger partial charge is 0.143 e. The lowest BCUT2D eigenvalue weighted by atomic mass is 9.96. The van der Waals surface area contributed by atoms with Gasteiger partial charge in [-0.25, -0.2) is 0 Å². The molecule has 0 aliphatic carbocycles. The maximum Gasteiger partial charge on any atom is 0.143 e. The summed E-state index contributed by atoms with van der Waals surface area (Å²) in [5, 5.41) is 2.29. The third-order valence-corrected chi connectivity index (χ3v) is 10.7. The zero-order chi connectivity index (χ0) is 37.3. The normalized spacial score (nSPS) is 11.2. The van der Waals surface area contributed by atoms with Gasteiger partial charge in [0, 0.05) is 33.4 Å². The van der Waals surface area contributed by atoms with E-state index in [1.807, 2.05) is 12.1 Å². The molecule has 0 atom stereocenters. The van der Waals surface area contributed by atoms with Crippen molar-refractivity contribution in [2.75, 3.05) is 4.90 Å². The molecule has 0 bridgehead atoms. The SMILES string of the molecule is c1ccc(-c2ccc(N(c3ccc(-c4ccccc4)cc3)c3ccc(-c4ccc(-c5cccc(-c6cccc7c6oc6ccccc67)c5)cc4)cc3)cc2)cc1. The highest BCUT2D eigenvalue weighted by molar-refractivity contribution is 6.09. The van der Waals surface area contributed by atoms with E-state index in [2.05, 4.69) is 217 Å². The molecule has 0 saturated heterocycles. The third kappa shape index (κ3) is 6.34. The molecule has 2 nitrogen and oxygen atoms in total. The highest BCUT2D eigenvalue weighted by Gasteiger charge is 2.15. The maximum absolute atomic E-state index is 6.36. The molecule has 10 rings (SSSR count). The molecule has 2 heteroatoms. The van der Waals surface area contributed by atoms with Crippen LogP contribution in [0.2, 0.25) is 0 Å². The van der Waals surface area contributed by atoms with E-state index in [1.54, 1.807) is 0 Å². The Morgan fingerprint density at radius 1 is 0.268 bits per heavy atom. The van der Waals surface area contributed by atoms with E-state index in [9.17, 15) is 0 Å². The summed E-state index contributed by atoms with van der Waals surface area (Å²) >= 11 is 0. The molecule has 0 aliphatic rings. The molecule has 0 spiro atoms. The van der Waals surface area contributed by atoms with E-state index in [4.69, 9.17) is 4.42 Å². The fourth-order valence-corrected chi connectivity index (χ4v) is 7.81. The van der Waals surface area contributed by atoms with Crippen LogP contribution in [0.1, 0.15) is 0 Å². The molecule has 264 valence electrons. The monoisotopic (exact) mass is 715 g/mol. The molecular weight excluding hydrogens is 679 g/mol. The zero-order valence-electron chi connectivity index (χ0n) is 30.7. The van der Waals surface area contributed by atoms with Crippen LogP contribution < -0.4 is 4.90 Å². The van der Waals surface area contributed by atoms with Crippen molar-refractivity contribution < 1.29 is 4.42 Å². The van der Waals surface area contributed by atoms with Gasteiger partial charge in [0.1, 0.15) is 11.2 Å². The molecule has 9 aromatic carbocycles. The van der Waals surface area contributed by atoms with E-state index < -0.39 is 0 Å². The molecule has 10 aromatic rings. The number of fused-ring (bicyclic) bond motifs is 3. The summed E-state index contributed by atoms with van der Waals surface area (Å²) in [4.78, 5) is 2.33. The largest absolute Gasteiger partial charge is 0.455 e. The number of hydrogen-bond acceptors (Lipinski definition) is 2. The average Bonchev–Trinajstić information content (AvgIpc) is 3.67. The van der Waals surface area contributed by atoms with Crippen molar-refractivity contribution >= 4 is 39.0 Å². The van der Waals surface area contributed by atoms with Gasteiger partial charge in [0.05, 0.1) is 0 Å². The van der Waals surface area contributed by atoms with Crippen molar-refractivity contribution in [2.45, 2.75) is 0 Å². The van der Waals surface area contributed by atoms with Gasteiger partial charge in [-0.3, -0.25) is 0 Å². The molecule has 1 heterocycles. The first-order valence-corrected chi connectivity index (χ1v) is 19.1. The Balaban J connectivity index is 0.941. The predicted octanol–water partition coefficient (Wildman–Crippen LogP) is 15.4. The third-order valence-electron chi connectivity index (χ3n) is 10.7. The van der Waals surface area contributed by atoms with Gasteiger partial charge in [-0.2, -0.15) is 0 Å². The second kappa shape index (κ2) is 14.4. The number of hydrogen-bond donors (Lipinski definition) is 0. The Morgan fingerprint density at radius 3 is 1.18 bits per heavy atom. The fraction of sp³-hybridized carbons (Fsp3) is 0. The Hall–Kier alpha value is -7.42. The topological polar surface area (TPSA) is 16.4 Å². The Kier molecular flexibility index (Phi) is 8.55. The van der Waals surface area contributed by atoms with Gasteiger partial charge in [0.15, 0.2) is 0 Å². The van der Waals surface area contributed by atoms with E-state index in [-0.39, 0.29) is 0 Å². The van der Waals surface area contributed by atoms with Crippen LogP contribution in [0.5, 0.6) is 0 Å². The van der Waals surface area contributed by atoms with Gasteiger partial charge in [-0.15, -0.1) is 0 Å². The molecule has 0 aliphatic heterocycles. The van der Waals surface area contributed by atoms with Crippen LogP contribution in [-0.4, -0.2) is 0 Å². The molecule has 0 saturated carbocycles. The first-order valence-electron chi connectivity index (χ1n) is 19.1. The molecule has 0 unspecified atom stereocenters. The van der Waals surface area contributed by atoms with Crippen molar-refractivity contribution in [3.05, 3.63) is 224 Å². The van der Waals surface area contributed by atoms with Crippen LogP contribution in [-0.2, 0) is 0 Å². The minimum absolute atomic E-state index is 0.914. The molecule has 0 fully saturated rings. The summed E-state index contributed by atoms with van der Waals surface area (Å²) in [5.74, 6) is 0. The number of rotatable bonds is 8. The van der Waals surface area contributed by atoms with Gasteiger partial charge in [-0.05, 0) is 98.6 Å². The van der Waals surface area contributed by atoms with Crippen molar-refractivity contribution in [3.63, 3.8) is 0 Å². The van der Waals surface area contributed by atoms with Gasteiger partial charge >= 0.3 is 0 Å². The quantitative estimate of drug-likeness (QED) is 0.156. The van der Waals surface area contributed by atoms with Crippen LogP contribution in [0.4, 0.5) is 17.1 Å². The van der Waals surface area contributed by atoms with Crippen LogP contribution in [0.15, 0.2) is 229 Å². The first-order chi connectivity index (χ1) is 27.7. The summed E-state index contributed by atoms with van der Waals surface area (Å²) in [6.07, 6.45) is 0. The lowest BCUT2D eigenvalue weighted by molar-refractivity contribution is 0.670. The van der Waals surface area contributed by atoms with Crippen molar-refractivity contribution in [1.82, 2.24) is 0 Å². The van der Waals surface area contributed by atoms with E-state index in [1.165, 1.54) is 44.5 Å². The minimum Gasteiger partial charge on any atom is -0.455 e. The summed E-state index contributed by atoms with van der Waals surface area (Å²) in [7, 11) is 0. The maximum atomic E-state index is 6.36. The van der Waals surface area contributed by atoms with Crippen LogP contribution >= 0.6 is 0 Å². The lowest BCUT2D eigenvalue weighted by Crippen LogP contribution is -2.09. The van der Waals surface area contributed by atoms with Gasteiger partial charge < -0.3 is 9.32 Å². The highest BCUT2D eigenvalue weighted by atomic mass is 16.3. The molecule has 0 radical (unpaired) electrons. The Morgan fingerprint density at radius 2 is 0.643 bits per heavy atom. The first kappa shape index (κ1) is 33.2. The molecule has 1 aromatic heterocycles. The number of nitrogens with zero attached hydrogens (tertiary/aromatic N) is 1. The van der Waals surface area contributed by atoms with E-state index in [0.717, 1.165) is 50.1 Å². The molecule has 56 heavy (non-hydrogen) atoms. The number of benzene rings is 9. The van der Waals surface area contributed by atoms with Crippen LogP contribution in [0, 0.1) is 0 Å². The number of anilines is 3. The predicted molar refractivity (Wildman–Crippen MR) is 236 cm³/mol. The summed E-state index contributed by atoms with van der Waals surface area (Å²) in [6.45, 7) is 0. The lowest BCUT2D eigenvalue weighted by Gasteiger charge is -2.26. The van der Waals surface area contributed by atoms with Crippen molar-refractivity contribution in [3.8, 4) is 55.6 Å². The van der Waals surface area contributed by atoms with E-state index in [0.29, 0.717) is 0 Å². The summed E-state index contributed by atoms with van der Waals surface area (Å²) < 4.78 is 6.36. The zero-order valence-corrected chi connectivity index (χ0v) is 30.7. The highest BCUT2D eigenvalue weighted by Crippen LogP contribution is 2.39. The van der Waals surface area contributed by atoms with E-state index >= 15 is 0 Å². The number of furan rings is 1. The van der Waals surface area contributed by atoms with Crippen molar-refractivity contribution in [2.24, 2.45) is 0 Å². The Bertz CT molecular complexity index is 2830. The minimum atomic E-state index is 0.914. The standard InChI is InChI=1S/C54H37NO/c1-3-11-38(12-4-1)41-25-31-47(32-26-41)55(48-33-27-42(28-34-48)39-13-5-2-6-14-39)49-35-29-43(30-36-49)40-21-23-44(24-22-40)45-15-9-16-46(37-45)50-18-10-19-52-51-17-7-8-20-53(51)56-54(50)52/h1-37H. The summed E-state index contributed by atoms with van der Waals surface area (Å²) in [5.41, 5.74) is 16.9. The molecular formula is C54H37NO. The van der Waals surface area contributed by atoms with Gasteiger partial charge in [-0.1, -0.05) is 176 Å². The second-order valence-electron chi connectivity index (χ2n) is 14.1. The van der Waals surface area contributed by atoms with Gasteiger partial charge in [0.2, 0.25) is 0 Å². The van der Waals surface area contributed by atoms with Gasteiger partial charge in [0.25, 0.3) is 0 Å². The van der Waals surface area contributed by atoms with Crippen molar-refractivity contribution in [1.29, 1.82) is 0 Å². The number of para-hydroxylation sites is 2. The molecule has 0 N–H and O–H groups in total. The molecule has 0 amide bonds. The Labute approximate surface area is 327 Å².